The summed E-state index contributed by atoms with van der Waals surface area (Å²) in [7, 11) is 0. The molecule has 1 fully saturated rings. The second-order valence-corrected chi connectivity index (χ2v) is 5.33. The molecule has 1 aliphatic heterocycles. The zero-order valence-corrected chi connectivity index (χ0v) is 9.39. The Kier molecular flexibility index (Phi) is 2.41. The van der Waals surface area contributed by atoms with Gasteiger partial charge in [0.05, 0.1) is 11.7 Å². The highest BCUT2D eigenvalue weighted by atomic mass is 32.2. The van der Waals surface area contributed by atoms with Crippen molar-refractivity contribution in [1.82, 2.24) is 10.2 Å². The largest absolute Gasteiger partial charge is 0.278 e. The Morgan fingerprint density at radius 1 is 1.27 bits per heavy atom. The molecule has 3 heteroatoms. The van der Waals surface area contributed by atoms with Gasteiger partial charge in [0.25, 0.3) is 0 Å². The van der Waals surface area contributed by atoms with Gasteiger partial charge in [-0.25, -0.2) is 0 Å². The topological polar surface area (TPSA) is 28.7 Å². The third-order valence-corrected chi connectivity index (χ3v) is 4.21. The minimum absolute atomic E-state index is 0.769. The summed E-state index contributed by atoms with van der Waals surface area (Å²) in [6.45, 7) is 0. The lowest BCUT2D eigenvalue weighted by molar-refractivity contribution is 0.638. The van der Waals surface area contributed by atoms with Crippen LogP contribution in [0.15, 0.2) is 24.4 Å². The van der Waals surface area contributed by atoms with Crippen molar-refractivity contribution in [3.05, 3.63) is 30.0 Å². The molecule has 0 amide bonds. The molecule has 0 aliphatic carbocycles. The lowest BCUT2D eigenvalue weighted by Gasteiger charge is -2.21. The summed E-state index contributed by atoms with van der Waals surface area (Å²) in [5.41, 5.74) is 2.63. The number of hydrogen-bond acceptors (Lipinski definition) is 2. The molecule has 0 radical (unpaired) electrons. The van der Waals surface area contributed by atoms with E-state index in [1.807, 2.05) is 6.20 Å². The molecule has 0 bridgehead atoms. The van der Waals surface area contributed by atoms with Crippen LogP contribution in [0.25, 0.3) is 10.9 Å². The molecule has 1 aromatic carbocycles. The molecule has 0 unspecified atom stereocenters. The number of aromatic nitrogens is 2. The van der Waals surface area contributed by atoms with E-state index in [1.54, 1.807) is 0 Å². The second kappa shape index (κ2) is 3.89. The normalized spacial score (nSPS) is 18.4. The standard InChI is InChI=1S/C12H14N2S/c1-2-12-11(8-13-14-12)7-10(1)9-3-5-15-6-4-9/h1-2,7-9H,3-6H2,(H,13,14). The fourth-order valence-corrected chi connectivity index (χ4v) is 3.35. The van der Waals surface area contributed by atoms with Crippen molar-refractivity contribution in [3.8, 4) is 0 Å². The molecule has 2 heterocycles. The van der Waals surface area contributed by atoms with Crippen LogP contribution < -0.4 is 0 Å². The van der Waals surface area contributed by atoms with Gasteiger partial charge in [-0.15, -0.1) is 0 Å². The predicted octanol–water partition coefficient (Wildman–Crippen LogP) is 3.17. The van der Waals surface area contributed by atoms with E-state index in [-0.39, 0.29) is 0 Å². The molecular weight excluding hydrogens is 204 g/mol. The monoisotopic (exact) mass is 218 g/mol. The number of nitrogens with one attached hydrogen (secondary N) is 1. The van der Waals surface area contributed by atoms with Gasteiger partial charge in [-0.1, -0.05) is 6.07 Å². The van der Waals surface area contributed by atoms with E-state index in [0.29, 0.717) is 0 Å². The molecule has 1 N–H and O–H groups in total. The van der Waals surface area contributed by atoms with Gasteiger partial charge in [0, 0.05) is 5.39 Å². The van der Waals surface area contributed by atoms with Crippen molar-refractivity contribution in [2.75, 3.05) is 11.5 Å². The fourth-order valence-electron chi connectivity index (χ4n) is 2.25. The molecule has 1 aliphatic rings. The predicted molar refractivity (Wildman–Crippen MR) is 65.4 cm³/mol. The lowest BCUT2D eigenvalue weighted by Crippen LogP contribution is -2.07. The van der Waals surface area contributed by atoms with Crippen LogP contribution >= 0.6 is 11.8 Å². The zero-order valence-electron chi connectivity index (χ0n) is 8.57. The first kappa shape index (κ1) is 9.28. The van der Waals surface area contributed by atoms with Crippen molar-refractivity contribution in [3.63, 3.8) is 0 Å². The summed E-state index contributed by atoms with van der Waals surface area (Å²) >= 11 is 2.08. The third kappa shape index (κ3) is 1.76. The van der Waals surface area contributed by atoms with Crippen molar-refractivity contribution in [2.45, 2.75) is 18.8 Å². The van der Waals surface area contributed by atoms with Gasteiger partial charge in [-0.2, -0.15) is 16.9 Å². The van der Waals surface area contributed by atoms with Crippen LogP contribution in [-0.2, 0) is 0 Å². The molecule has 1 saturated heterocycles. The number of nitrogens with zero attached hydrogens (tertiary/aromatic N) is 1. The molecule has 15 heavy (non-hydrogen) atoms. The number of benzene rings is 1. The molecule has 0 spiro atoms. The van der Waals surface area contributed by atoms with E-state index in [1.165, 1.54) is 35.3 Å². The van der Waals surface area contributed by atoms with Crippen LogP contribution in [-0.4, -0.2) is 21.7 Å². The summed E-state index contributed by atoms with van der Waals surface area (Å²) in [6.07, 6.45) is 4.57. The van der Waals surface area contributed by atoms with Gasteiger partial charge in [0.15, 0.2) is 0 Å². The van der Waals surface area contributed by atoms with Crippen LogP contribution in [0.2, 0.25) is 0 Å². The summed E-state index contributed by atoms with van der Waals surface area (Å²) in [5, 5.41) is 8.30. The number of fused-ring (bicyclic) bond motifs is 1. The minimum Gasteiger partial charge on any atom is -0.278 e. The molecule has 3 rings (SSSR count). The quantitative estimate of drug-likeness (QED) is 0.796. The molecule has 2 nitrogen and oxygen atoms in total. The van der Waals surface area contributed by atoms with Crippen LogP contribution in [0, 0.1) is 0 Å². The van der Waals surface area contributed by atoms with Gasteiger partial charge in [-0.3, -0.25) is 5.10 Å². The van der Waals surface area contributed by atoms with Crippen LogP contribution in [0.5, 0.6) is 0 Å². The Hall–Kier alpha value is -0.960. The summed E-state index contributed by atoms with van der Waals surface area (Å²) in [4.78, 5) is 0. The number of thioether (sulfide) groups is 1. The van der Waals surface area contributed by atoms with E-state index in [2.05, 4.69) is 40.2 Å². The smallest absolute Gasteiger partial charge is 0.0650 e. The molecule has 1 aromatic heterocycles. The van der Waals surface area contributed by atoms with Gasteiger partial charge in [0.1, 0.15) is 0 Å². The fraction of sp³-hybridized carbons (Fsp3) is 0.417. The van der Waals surface area contributed by atoms with Gasteiger partial charge < -0.3 is 0 Å². The number of rotatable bonds is 1. The maximum atomic E-state index is 4.06. The first-order chi connectivity index (χ1) is 7.43. The van der Waals surface area contributed by atoms with E-state index in [0.717, 1.165) is 11.4 Å². The summed E-state index contributed by atoms with van der Waals surface area (Å²) in [5.74, 6) is 3.40. The number of hydrogen-bond donors (Lipinski definition) is 1. The number of H-pyrrole nitrogens is 1. The first-order valence-corrected chi connectivity index (χ1v) is 6.60. The molecule has 0 saturated carbocycles. The highest BCUT2D eigenvalue weighted by Gasteiger charge is 2.15. The Morgan fingerprint density at radius 2 is 2.13 bits per heavy atom. The maximum absolute atomic E-state index is 4.06. The van der Waals surface area contributed by atoms with Gasteiger partial charge >= 0.3 is 0 Å². The Labute approximate surface area is 93.5 Å². The van der Waals surface area contributed by atoms with Crippen molar-refractivity contribution in [2.24, 2.45) is 0 Å². The SMILES string of the molecule is c1cc2[nH]ncc2cc1C1CCSCC1. The van der Waals surface area contributed by atoms with Crippen LogP contribution in [0.1, 0.15) is 24.3 Å². The maximum Gasteiger partial charge on any atom is 0.0650 e. The average Bonchev–Trinajstić information content (AvgIpc) is 2.77. The van der Waals surface area contributed by atoms with E-state index in [9.17, 15) is 0 Å². The highest BCUT2D eigenvalue weighted by Crippen LogP contribution is 2.32. The van der Waals surface area contributed by atoms with Crippen LogP contribution in [0.4, 0.5) is 0 Å². The molecule has 2 aromatic rings. The third-order valence-electron chi connectivity index (χ3n) is 3.16. The Bertz CT molecular complexity index is 457. The van der Waals surface area contributed by atoms with Crippen molar-refractivity contribution in [1.29, 1.82) is 0 Å². The number of aromatic amines is 1. The van der Waals surface area contributed by atoms with Gasteiger partial charge in [0.2, 0.25) is 0 Å². The molecular formula is C12H14N2S. The first-order valence-electron chi connectivity index (χ1n) is 5.44. The van der Waals surface area contributed by atoms with Crippen molar-refractivity contribution < 1.29 is 0 Å². The van der Waals surface area contributed by atoms with E-state index in [4.69, 9.17) is 0 Å². The summed E-state index contributed by atoms with van der Waals surface area (Å²) in [6, 6.07) is 6.69. The average molecular weight is 218 g/mol. The molecule has 0 atom stereocenters. The van der Waals surface area contributed by atoms with E-state index >= 15 is 0 Å². The minimum atomic E-state index is 0.769. The van der Waals surface area contributed by atoms with Gasteiger partial charge in [-0.05, 0) is 48.0 Å². The van der Waals surface area contributed by atoms with Crippen LogP contribution in [0.3, 0.4) is 0 Å². The summed E-state index contributed by atoms with van der Waals surface area (Å²) < 4.78 is 0. The Balaban J connectivity index is 1.95. The van der Waals surface area contributed by atoms with Crippen molar-refractivity contribution >= 4 is 22.7 Å². The highest BCUT2D eigenvalue weighted by molar-refractivity contribution is 7.99. The Morgan fingerprint density at radius 3 is 3.00 bits per heavy atom. The lowest BCUT2D eigenvalue weighted by atomic mass is 9.93. The second-order valence-electron chi connectivity index (χ2n) is 4.10. The zero-order chi connectivity index (χ0) is 10.1. The van der Waals surface area contributed by atoms with E-state index < -0.39 is 0 Å². The molecule has 78 valence electrons.